The third-order valence-corrected chi connectivity index (χ3v) is 6.19. The summed E-state index contributed by atoms with van der Waals surface area (Å²) in [4.78, 5) is 17.0. The third-order valence-electron chi connectivity index (χ3n) is 4.12. The quantitative estimate of drug-likeness (QED) is 0.468. The number of nitrogens with zero attached hydrogens (tertiary/aromatic N) is 5. The van der Waals surface area contributed by atoms with Crippen LogP contribution in [-0.2, 0) is 12.8 Å². The number of tetrazole rings is 1. The van der Waals surface area contributed by atoms with Crippen LogP contribution in [0.1, 0.15) is 11.1 Å². The Morgan fingerprint density at radius 3 is 2.68 bits per heavy atom. The molecule has 7 nitrogen and oxygen atoms in total. The average molecular weight is 416 g/mol. The molecule has 28 heavy (non-hydrogen) atoms. The fraction of sp³-hybridized carbons (Fsp3) is 0.263. The summed E-state index contributed by atoms with van der Waals surface area (Å²) in [5.74, 6) is 1.43. The fourth-order valence-corrected chi connectivity index (χ4v) is 4.25. The molecule has 0 amide bonds. The number of aromatic nitrogens is 4. The highest BCUT2D eigenvalue weighted by molar-refractivity contribution is 8.38. The van der Waals surface area contributed by atoms with Crippen LogP contribution in [0.5, 0.6) is 5.75 Å². The van der Waals surface area contributed by atoms with E-state index in [1.54, 1.807) is 37.7 Å². The van der Waals surface area contributed by atoms with Crippen molar-refractivity contribution in [2.24, 2.45) is 12.0 Å². The van der Waals surface area contributed by atoms with E-state index in [1.165, 1.54) is 9.36 Å². The van der Waals surface area contributed by atoms with E-state index in [4.69, 9.17) is 9.73 Å². The Morgan fingerprint density at radius 1 is 1.21 bits per heavy atom. The average Bonchev–Trinajstić information content (AvgIpc) is 3.04. The molecule has 0 aliphatic carbocycles. The number of benzene rings is 2. The van der Waals surface area contributed by atoms with Crippen molar-refractivity contribution in [2.45, 2.75) is 12.7 Å². The Labute approximate surface area is 171 Å². The molecule has 0 saturated heterocycles. The highest BCUT2D eigenvalue weighted by Crippen LogP contribution is 2.29. The van der Waals surface area contributed by atoms with Crippen molar-refractivity contribution in [3.63, 3.8) is 0 Å². The van der Waals surface area contributed by atoms with Crippen LogP contribution in [-0.4, -0.2) is 37.5 Å². The van der Waals surface area contributed by atoms with Gasteiger partial charge in [-0.1, -0.05) is 30.0 Å². The van der Waals surface area contributed by atoms with E-state index >= 15 is 0 Å². The number of thioether (sulfide) groups is 2. The van der Waals surface area contributed by atoms with E-state index < -0.39 is 0 Å². The van der Waals surface area contributed by atoms with Gasteiger partial charge in [-0.2, -0.15) is 9.36 Å². The smallest absolute Gasteiger partial charge is 0.368 e. The van der Waals surface area contributed by atoms with Gasteiger partial charge in [0.15, 0.2) is 0 Å². The third kappa shape index (κ3) is 4.48. The molecule has 3 rings (SSSR count). The molecule has 0 radical (unpaired) electrons. The molecule has 2 aromatic carbocycles. The topological polar surface area (TPSA) is 74.3 Å². The van der Waals surface area contributed by atoms with Crippen molar-refractivity contribution in [2.75, 3.05) is 13.4 Å². The minimum atomic E-state index is -0.271. The maximum absolute atomic E-state index is 12.3. The van der Waals surface area contributed by atoms with Crippen molar-refractivity contribution < 1.29 is 4.74 Å². The predicted molar refractivity (Wildman–Crippen MR) is 116 cm³/mol. The molecule has 1 aromatic heterocycles. The van der Waals surface area contributed by atoms with Crippen molar-refractivity contribution in [1.29, 1.82) is 0 Å². The predicted octanol–water partition coefficient (Wildman–Crippen LogP) is 3.57. The van der Waals surface area contributed by atoms with Crippen LogP contribution >= 0.6 is 23.5 Å². The first-order valence-electron chi connectivity index (χ1n) is 8.51. The number of hydrogen-bond acceptors (Lipinski definition) is 7. The largest absolute Gasteiger partial charge is 0.497 e. The van der Waals surface area contributed by atoms with Gasteiger partial charge in [0.2, 0.25) is 0 Å². The summed E-state index contributed by atoms with van der Waals surface area (Å²) in [6.45, 7) is 2.03. The molecule has 0 atom stereocenters. The summed E-state index contributed by atoms with van der Waals surface area (Å²) in [5, 5.41) is 7.80. The van der Waals surface area contributed by atoms with Crippen LogP contribution in [0.2, 0.25) is 0 Å². The van der Waals surface area contributed by atoms with Crippen LogP contribution in [0.25, 0.3) is 5.69 Å². The van der Waals surface area contributed by atoms with E-state index in [0.29, 0.717) is 5.75 Å². The Bertz CT molecular complexity index is 1060. The normalized spacial score (nSPS) is 11.6. The molecule has 0 N–H and O–H groups in total. The summed E-state index contributed by atoms with van der Waals surface area (Å²) in [6, 6.07) is 13.5. The number of ether oxygens (including phenoxy) is 1. The lowest BCUT2D eigenvalue weighted by Gasteiger charge is -2.11. The molecule has 0 aliphatic rings. The SMILES string of the molecule is COc1cccc(/N=C(\SC)SCc2c(C)cccc2-n2nnn(C)c2=O)c1. The zero-order valence-electron chi connectivity index (χ0n) is 16.1. The molecule has 0 spiro atoms. The molecule has 0 fully saturated rings. The van der Waals surface area contributed by atoms with Gasteiger partial charge in [-0.15, -0.1) is 11.8 Å². The summed E-state index contributed by atoms with van der Waals surface area (Å²) >= 11 is 3.20. The van der Waals surface area contributed by atoms with Crippen LogP contribution in [0.15, 0.2) is 52.3 Å². The first-order valence-corrected chi connectivity index (χ1v) is 10.7. The van der Waals surface area contributed by atoms with Crippen molar-refractivity contribution in [1.82, 2.24) is 19.8 Å². The maximum atomic E-state index is 12.3. The van der Waals surface area contributed by atoms with Gasteiger partial charge in [-0.05, 0) is 52.9 Å². The van der Waals surface area contributed by atoms with Gasteiger partial charge in [0, 0.05) is 18.9 Å². The molecule has 0 bridgehead atoms. The molecule has 146 valence electrons. The minimum Gasteiger partial charge on any atom is -0.497 e. The van der Waals surface area contributed by atoms with E-state index in [9.17, 15) is 4.79 Å². The Hall–Kier alpha value is -2.52. The monoisotopic (exact) mass is 415 g/mol. The van der Waals surface area contributed by atoms with E-state index in [2.05, 4.69) is 10.4 Å². The van der Waals surface area contributed by atoms with Gasteiger partial charge in [0.25, 0.3) is 0 Å². The second kappa shape index (κ2) is 9.11. The standard InChI is InChI=1S/C19H21N5O2S2/c1-13-7-5-10-17(24-19(25)23(2)21-22-24)16(13)12-28-18(27-4)20-14-8-6-9-15(11-14)26-3/h5-11H,12H2,1-4H3/b20-18+. The lowest BCUT2D eigenvalue weighted by atomic mass is 10.1. The van der Waals surface area contributed by atoms with Gasteiger partial charge >= 0.3 is 5.69 Å². The second-order valence-electron chi connectivity index (χ2n) is 5.94. The highest BCUT2D eigenvalue weighted by Gasteiger charge is 2.14. The Kier molecular flexibility index (Phi) is 6.58. The van der Waals surface area contributed by atoms with Gasteiger partial charge < -0.3 is 4.74 Å². The summed E-state index contributed by atoms with van der Waals surface area (Å²) < 4.78 is 8.74. The molecule has 1 heterocycles. The lowest BCUT2D eigenvalue weighted by molar-refractivity contribution is 0.415. The van der Waals surface area contributed by atoms with Crippen LogP contribution in [0.4, 0.5) is 5.69 Å². The zero-order chi connectivity index (χ0) is 20.1. The summed E-state index contributed by atoms with van der Waals surface area (Å²) in [5.41, 5.74) is 3.43. The number of methoxy groups -OCH3 is 1. The van der Waals surface area contributed by atoms with Crippen LogP contribution in [0.3, 0.4) is 0 Å². The Morgan fingerprint density at radius 2 is 2.00 bits per heavy atom. The molecule has 0 aliphatic heterocycles. The first-order chi connectivity index (χ1) is 13.5. The van der Waals surface area contributed by atoms with Crippen molar-refractivity contribution in [3.8, 4) is 11.4 Å². The van der Waals surface area contributed by atoms with Crippen LogP contribution in [0, 0.1) is 6.92 Å². The minimum absolute atomic E-state index is 0.271. The van der Waals surface area contributed by atoms with E-state index in [1.807, 2.05) is 55.6 Å². The Balaban J connectivity index is 1.88. The molecule has 0 saturated carbocycles. The molecule has 0 unspecified atom stereocenters. The number of aryl methyl sites for hydroxylation is 2. The lowest BCUT2D eigenvalue weighted by Crippen LogP contribution is -2.23. The van der Waals surface area contributed by atoms with Crippen molar-refractivity contribution >= 4 is 33.6 Å². The van der Waals surface area contributed by atoms with Gasteiger partial charge in [-0.3, -0.25) is 0 Å². The van der Waals surface area contributed by atoms with E-state index in [0.717, 1.165) is 32.6 Å². The van der Waals surface area contributed by atoms with Crippen molar-refractivity contribution in [3.05, 3.63) is 64.1 Å². The van der Waals surface area contributed by atoms with E-state index in [-0.39, 0.29) is 5.69 Å². The molecule has 3 aromatic rings. The first kappa shape index (κ1) is 20.2. The van der Waals surface area contributed by atoms with Gasteiger partial charge in [0.05, 0.1) is 18.5 Å². The number of hydrogen-bond donors (Lipinski definition) is 0. The molecular formula is C19H21N5O2S2. The summed E-state index contributed by atoms with van der Waals surface area (Å²) in [6.07, 6.45) is 2.00. The fourth-order valence-electron chi connectivity index (χ4n) is 2.59. The van der Waals surface area contributed by atoms with Gasteiger partial charge in [0.1, 0.15) is 10.1 Å². The second-order valence-corrected chi connectivity index (χ2v) is 7.96. The van der Waals surface area contributed by atoms with Gasteiger partial charge in [-0.25, -0.2) is 9.79 Å². The molecular weight excluding hydrogens is 394 g/mol. The maximum Gasteiger partial charge on any atom is 0.368 e. The van der Waals surface area contributed by atoms with Crippen LogP contribution < -0.4 is 10.4 Å². The highest BCUT2D eigenvalue weighted by atomic mass is 32.2. The number of aliphatic imine (C=N–C) groups is 1. The zero-order valence-corrected chi connectivity index (χ0v) is 17.8. The number of rotatable bonds is 5. The molecule has 9 heteroatoms. The summed E-state index contributed by atoms with van der Waals surface area (Å²) in [7, 11) is 3.23.